The zero-order valence-electron chi connectivity index (χ0n) is 17.2. The maximum absolute atomic E-state index is 12.5. The van der Waals surface area contributed by atoms with Crippen LogP contribution in [0, 0.1) is 6.92 Å². The number of ether oxygens (including phenoxy) is 2. The number of hydrogen-bond acceptors (Lipinski definition) is 5. The van der Waals surface area contributed by atoms with E-state index in [1.807, 2.05) is 67.6 Å². The van der Waals surface area contributed by atoms with E-state index in [1.54, 1.807) is 6.07 Å². The van der Waals surface area contributed by atoms with Crippen LogP contribution in [0.15, 0.2) is 76.2 Å². The van der Waals surface area contributed by atoms with Gasteiger partial charge in [-0.1, -0.05) is 48.0 Å². The number of rotatable bonds is 4. The van der Waals surface area contributed by atoms with Crippen molar-refractivity contribution in [3.63, 3.8) is 0 Å². The van der Waals surface area contributed by atoms with Crippen molar-refractivity contribution in [2.45, 2.75) is 13.0 Å². The Bertz CT molecular complexity index is 1350. The number of nitrogens with zero attached hydrogens (tertiary/aromatic N) is 1. The third-order valence-corrected chi connectivity index (χ3v) is 5.62. The van der Waals surface area contributed by atoms with Gasteiger partial charge in [0.25, 0.3) is 5.91 Å². The highest BCUT2D eigenvalue weighted by Crippen LogP contribution is 2.35. The minimum absolute atomic E-state index is 0.103. The fraction of sp³-hybridized carbons (Fsp3) is 0.120. The van der Waals surface area contributed by atoms with E-state index in [0.29, 0.717) is 28.0 Å². The van der Waals surface area contributed by atoms with E-state index in [9.17, 15) is 4.79 Å². The molecule has 0 spiro atoms. The van der Waals surface area contributed by atoms with Gasteiger partial charge in [-0.15, -0.1) is 0 Å². The van der Waals surface area contributed by atoms with E-state index in [0.717, 1.165) is 21.9 Å². The Labute approximate surface area is 189 Å². The summed E-state index contributed by atoms with van der Waals surface area (Å²) in [5.41, 5.74) is 4.34. The summed E-state index contributed by atoms with van der Waals surface area (Å²) in [7, 11) is 0. The molecule has 32 heavy (non-hydrogen) atoms. The van der Waals surface area contributed by atoms with Gasteiger partial charge in [0.2, 0.25) is 6.10 Å². The number of furan rings is 1. The molecule has 4 aromatic rings. The number of hydrogen-bond donors (Lipinski definition) is 1. The smallest absolute Gasteiger partial charge is 0.284 e. The van der Waals surface area contributed by atoms with Gasteiger partial charge >= 0.3 is 0 Å². The first kappa shape index (κ1) is 20.2. The molecule has 7 heteroatoms. The number of aryl methyl sites for hydroxylation is 1. The predicted octanol–water partition coefficient (Wildman–Crippen LogP) is 5.35. The van der Waals surface area contributed by atoms with Crippen LogP contribution in [-0.2, 0) is 4.79 Å². The van der Waals surface area contributed by atoms with Crippen molar-refractivity contribution in [1.29, 1.82) is 0 Å². The number of nitrogens with one attached hydrogen (secondary N) is 1. The Morgan fingerprint density at radius 1 is 1.06 bits per heavy atom. The topological polar surface area (TPSA) is 73.1 Å². The molecule has 0 bridgehead atoms. The monoisotopic (exact) mass is 446 g/mol. The van der Waals surface area contributed by atoms with Crippen molar-refractivity contribution in [2.24, 2.45) is 5.10 Å². The highest BCUT2D eigenvalue weighted by atomic mass is 35.5. The summed E-state index contributed by atoms with van der Waals surface area (Å²) in [4.78, 5) is 12.5. The highest BCUT2D eigenvalue weighted by Gasteiger charge is 2.27. The van der Waals surface area contributed by atoms with Gasteiger partial charge in [-0.3, -0.25) is 4.79 Å². The van der Waals surface area contributed by atoms with E-state index in [1.165, 1.54) is 6.21 Å². The molecule has 0 saturated carbocycles. The second-order valence-corrected chi connectivity index (χ2v) is 7.87. The molecule has 1 aliphatic rings. The Hall–Kier alpha value is -3.77. The molecule has 1 amide bonds. The summed E-state index contributed by atoms with van der Waals surface area (Å²) in [5.74, 6) is 1.90. The Morgan fingerprint density at radius 3 is 2.62 bits per heavy atom. The van der Waals surface area contributed by atoms with Crippen molar-refractivity contribution < 1.29 is 18.7 Å². The number of halogens is 1. The van der Waals surface area contributed by atoms with Gasteiger partial charge in [-0.2, -0.15) is 5.10 Å². The Morgan fingerprint density at radius 2 is 1.84 bits per heavy atom. The van der Waals surface area contributed by atoms with E-state index >= 15 is 0 Å². The summed E-state index contributed by atoms with van der Waals surface area (Å²) in [5, 5.41) is 6.71. The van der Waals surface area contributed by atoms with Crippen LogP contribution in [0.1, 0.15) is 11.3 Å². The number of carbonyl (C=O) groups excluding carboxylic acids is 1. The Balaban J connectivity index is 1.23. The van der Waals surface area contributed by atoms with E-state index < -0.39 is 12.0 Å². The van der Waals surface area contributed by atoms with Crippen molar-refractivity contribution in [3.8, 4) is 22.8 Å². The molecule has 6 nitrogen and oxygen atoms in total. The minimum Gasteiger partial charge on any atom is -0.485 e. The van der Waals surface area contributed by atoms with Crippen LogP contribution in [0.2, 0.25) is 5.02 Å². The fourth-order valence-electron chi connectivity index (χ4n) is 3.44. The summed E-state index contributed by atoms with van der Waals surface area (Å²) in [6.07, 6.45) is 0.630. The van der Waals surface area contributed by atoms with Gasteiger partial charge in [-0.25, -0.2) is 5.43 Å². The SMILES string of the molecule is Cc1ccc(-c2ccc(C=NNC(=O)[C@H]3COc4cc5ccccc5cc4O3)o2)cc1Cl. The zero-order chi connectivity index (χ0) is 22.1. The van der Waals surface area contributed by atoms with Gasteiger partial charge in [0.05, 0.1) is 6.21 Å². The van der Waals surface area contributed by atoms with Crippen LogP contribution >= 0.6 is 11.6 Å². The maximum atomic E-state index is 12.5. The highest BCUT2D eigenvalue weighted by molar-refractivity contribution is 6.31. The summed E-state index contributed by atoms with van der Waals surface area (Å²) >= 11 is 6.19. The lowest BCUT2D eigenvalue weighted by molar-refractivity contribution is -0.130. The summed E-state index contributed by atoms with van der Waals surface area (Å²) in [6, 6.07) is 21.0. The van der Waals surface area contributed by atoms with Crippen molar-refractivity contribution in [1.82, 2.24) is 5.43 Å². The molecule has 1 aromatic heterocycles. The van der Waals surface area contributed by atoms with Crippen LogP contribution in [0.3, 0.4) is 0 Å². The van der Waals surface area contributed by atoms with Gasteiger partial charge in [0.15, 0.2) is 11.5 Å². The zero-order valence-corrected chi connectivity index (χ0v) is 17.9. The molecule has 0 saturated heterocycles. The van der Waals surface area contributed by atoms with Crippen LogP contribution in [0.4, 0.5) is 0 Å². The molecule has 1 atom stereocenters. The standard InChI is InChI=1S/C25H19ClN2O4/c1-15-6-7-18(10-20(15)26)21-9-8-19(31-21)13-27-28-25(29)24-14-30-22-11-16-4-2-3-5-17(16)12-23(22)32-24/h2-13,24H,14H2,1H3,(H,28,29)/t24-/m1/s1. The molecule has 0 radical (unpaired) electrons. The quantitative estimate of drug-likeness (QED) is 0.338. The molecule has 1 N–H and O–H groups in total. The second kappa shape index (κ2) is 8.40. The molecule has 160 valence electrons. The summed E-state index contributed by atoms with van der Waals surface area (Å²) in [6.45, 7) is 2.04. The maximum Gasteiger partial charge on any atom is 0.284 e. The lowest BCUT2D eigenvalue weighted by atomic mass is 10.1. The van der Waals surface area contributed by atoms with Crippen LogP contribution in [-0.4, -0.2) is 24.8 Å². The first-order valence-electron chi connectivity index (χ1n) is 10.1. The molecule has 0 unspecified atom stereocenters. The second-order valence-electron chi connectivity index (χ2n) is 7.46. The van der Waals surface area contributed by atoms with Crippen molar-refractivity contribution in [3.05, 3.63) is 83.1 Å². The van der Waals surface area contributed by atoms with Crippen LogP contribution in [0.25, 0.3) is 22.1 Å². The van der Waals surface area contributed by atoms with Crippen LogP contribution in [0.5, 0.6) is 11.5 Å². The molecule has 0 aliphatic carbocycles. The van der Waals surface area contributed by atoms with Gasteiger partial charge in [0, 0.05) is 10.6 Å². The van der Waals surface area contributed by atoms with Crippen molar-refractivity contribution >= 4 is 34.5 Å². The average molecular weight is 447 g/mol. The third-order valence-electron chi connectivity index (χ3n) is 5.21. The van der Waals surface area contributed by atoms with E-state index in [2.05, 4.69) is 10.5 Å². The molecule has 0 fully saturated rings. The molecule has 2 heterocycles. The van der Waals surface area contributed by atoms with Gasteiger partial charge < -0.3 is 13.9 Å². The normalized spacial score (nSPS) is 15.2. The molecule has 1 aliphatic heterocycles. The largest absolute Gasteiger partial charge is 0.485 e. The number of hydrazone groups is 1. The van der Waals surface area contributed by atoms with Gasteiger partial charge in [0.1, 0.15) is 18.1 Å². The molecule has 3 aromatic carbocycles. The lowest BCUT2D eigenvalue weighted by Crippen LogP contribution is -2.42. The molecular weight excluding hydrogens is 428 g/mol. The summed E-state index contributed by atoms with van der Waals surface area (Å²) < 4.78 is 17.3. The molecular formula is C25H19ClN2O4. The molecule has 5 rings (SSSR count). The number of amides is 1. The first-order valence-corrected chi connectivity index (χ1v) is 10.5. The lowest BCUT2D eigenvalue weighted by Gasteiger charge is -2.25. The van der Waals surface area contributed by atoms with Gasteiger partial charge in [-0.05, 0) is 53.6 Å². The number of fused-ring (bicyclic) bond motifs is 2. The van der Waals surface area contributed by atoms with E-state index in [4.69, 9.17) is 25.5 Å². The average Bonchev–Trinajstić information content (AvgIpc) is 3.28. The minimum atomic E-state index is -0.803. The fourth-order valence-corrected chi connectivity index (χ4v) is 3.62. The number of benzene rings is 3. The van der Waals surface area contributed by atoms with E-state index in [-0.39, 0.29) is 6.61 Å². The Kier molecular flexibility index (Phi) is 5.29. The third kappa shape index (κ3) is 4.05. The predicted molar refractivity (Wildman–Crippen MR) is 123 cm³/mol. The van der Waals surface area contributed by atoms with Crippen molar-refractivity contribution in [2.75, 3.05) is 6.61 Å². The van der Waals surface area contributed by atoms with Crippen LogP contribution < -0.4 is 14.9 Å². The first-order chi connectivity index (χ1) is 15.6. The number of carbonyl (C=O) groups is 1.